The lowest BCUT2D eigenvalue weighted by molar-refractivity contribution is 0.0154. The van der Waals surface area contributed by atoms with Gasteiger partial charge in [-0.1, -0.05) is 12.1 Å². The normalized spacial score (nSPS) is 23.0. The number of ether oxygens (including phenoxy) is 2. The van der Waals surface area contributed by atoms with E-state index in [2.05, 4.69) is 52.5 Å². The third-order valence-corrected chi connectivity index (χ3v) is 5.56. The standard InChI is InChI=1S/C22H37N5O2.HI/c1-4-23-22(25-16-20-17-26-8-10-27(20)11-9-26)24-15-19-7-6-18(3)14-21(19)29-13-12-28-5-2;/h6-7,14,20H,4-5,8-13,15-17H2,1-3H3,(H2,23,24,25);1H. The van der Waals surface area contributed by atoms with Crippen LogP contribution in [-0.4, -0.2) is 87.4 Å². The van der Waals surface area contributed by atoms with Crippen LogP contribution in [0, 0.1) is 6.92 Å². The minimum atomic E-state index is 0. The van der Waals surface area contributed by atoms with Crippen molar-refractivity contribution < 1.29 is 9.47 Å². The third-order valence-electron chi connectivity index (χ3n) is 5.56. The molecule has 0 aliphatic carbocycles. The van der Waals surface area contributed by atoms with Gasteiger partial charge < -0.3 is 20.1 Å². The van der Waals surface area contributed by atoms with Gasteiger partial charge in [0.1, 0.15) is 12.4 Å². The number of aryl methyl sites for hydroxylation is 1. The van der Waals surface area contributed by atoms with Crippen LogP contribution >= 0.6 is 24.0 Å². The van der Waals surface area contributed by atoms with Crippen LogP contribution in [-0.2, 0) is 11.3 Å². The number of benzene rings is 1. The summed E-state index contributed by atoms with van der Waals surface area (Å²) < 4.78 is 11.3. The maximum atomic E-state index is 5.95. The van der Waals surface area contributed by atoms with Crippen molar-refractivity contribution in [3.05, 3.63) is 29.3 Å². The number of fused-ring (bicyclic) bond motifs is 3. The summed E-state index contributed by atoms with van der Waals surface area (Å²) in [4.78, 5) is 9.98. The molecular weight excluding hydrogens is 493 g/mol. The van der Waals surface area contributed by atoms with Gasteiger partial charge in [-0.05, 0) is 32.4 Å². The SMILES string of the molecule is CCNC(=NCc1ccc(C)cc1OCCOCC)NCC1CN2CCN1CC2.I. The highest BCUT2D eigenvalue weighted by Gasteiger charge is 2.31. The van der Waals surface area contributed by atoms with E-state index in [0.29, 0.717) is 32.4 Å². The predicted molar refractivity (Wildman–Crippen MR) is 133 cm³/mol. The maximum Gasteiger partial charge on any atom is 0.191 e. The second kappa shape index (κ2) is 13.3. The zero-order valence-electron chi connectivity index (χ0n) is 18.7. The maximum absolute atomic E-state index is 5.95. The van der Waals surface area contributed by atoms with Crippen molar-refractivity contribution in [2.45, 2.75) is 33.4 Å². The first-order valence-electron chi connectivity index (χ1n) is 11.0. The number of halogens is 1. The van der Waals surface area contributed by atoms with Gasteiger partial charge in [0.2, 0.25) is 0 Å². The number of nitrogens with zero attached hydrogens (tertiary/aromatic N) is 3. The summed E-state index contributed by atoms with van der Waals surface area (Å²) >= 11 is 0. The molecule has 4 rings (SSSR count). The second-order valence-corrected chi connectivity index (χ2v) is 7.72. The number of aliphatic imine (C=N–C) groups is 1. The minimum Gasteiger partial charge on any atom is -0.491 e. The van der Waals surface area contributed by atoms with E-state index < -0.39 is 0 Å². The molecule has 170 valence electrons. The number of hydrogen-bond acceptors (Lipinski definition) is 5. The summed E-state index contributed by atoms with van der Waals surface area (Å²) in [7, 11) is 0. The molecule has 0 amide bonds. The zero-order valence-corrected chi connectivity index (χ0v) is 21.0. The van der Waals surface area contributed by atoms with Crippen molar-refractivity contribution in [3.63, 3.8) is 0 Å². The second-order valence-electron chi connectivity index (χ2n) is 7.72. The number of nitrogens with one attached hydrogen (secondary N) is 2. The first-order chi connectivity index (χ1) is 14.2. The van der Waals surface area contributed by atoms with Crippen LogP contribution in [0.15, 0.2) is 23.2 Å². The van der Waals surface area contributed by atoms with E-state index in [4.69, 9.17) is 14.5 Å². The molecular formula is C22H38IN5O2. The summed E-state index contributed by atoms with van der Waals surface area (Å²) in [6.45, 7) is 16.4. The molecule has 0 aromatic heterocycles. The Morgan fingerprint density at radius 2 is 1.93 bits per heavy atom. The molecule has 0 saturated carbocycles. The van der Waals surface area contributed by atoms with E-state index in [1.54, 1.807) is 0 Å². The Morgan fingerprint density at radius 3 is 2.60 bits per heavy atom. The van der Waals surface area contributed by atoms with Crippen LogP contribution < -0.4 is 15.4 Å². The lowest BCUT2D eigenvalue weighted by Gasteiger charge is -2.47. The van der Waals surface area contributed by atoms with E-state index in [0.717, 1.165) is 36.9 Å². The fraction of sp³-hybridized carbons (Fsp3) is 0.682. The average molecular weight is 531 g/mol. The number of rotatable bonds is 10. The Morgan fingerprint density at radius 1 is 1.13 bits per heavy atom. The molecule has 1 unspecified atom stereocenters. The molecule has 30 heavy (non-hydrogen) atoms. The fourth-order valence-electron chi connectivity index (χ4n) is 3.92. The van der Waals surface area contributed by atoms with E-state index in [1.807, 2.05) is 6.92 Å². The van der Waals surface area contributed by atoms with E-state index >= 15 is 0 Å². The quantitative estimate of drug-likeness (QED) is 0.209. The Labute approximate surface area is 198 Å². The Kier molecular flexibility index (Phi) is 11.2. The van der Waals surface area contributed by atoms with Crippen LogP contribution in [0.3, 0.4) is 0 Å². The fourth-order valence-corrected chi connectivity index (χ4v) is 3.92. The lowest BCUT2D eigenvalue weighted by atomic mass is 10.1. The highest BCUT2D eigenvalue weighted by atomic mass is 127. The van der Waals surface area contributed by atoms with Crippen molar-refractivity contribution in [1.29, 1.82) is 0 Å². The van der Waals surface area contributed by atoms with Crippen LogP contribution in [0.1, 0.15) is 25.0 Å². The molecule has 0 radical (unpaired) electrons. The third kappa shape index (κ3) is 7.55. The van der Waals surface area contributed by atoms with Crippen LogP contribution in [0.4, 0.5) is 0 Å². The lowest BCUT2D eigenvalue weighted by Crippen LogP contribution is -2.63. The molecule has 7 nitrogen and oxygen atoms in total. The van der Waals surface area contributed by atoms with Gasteiger partial charge >= 0.3 is 0 Å². The van der Waals surface area contributed by atoms with Gasteiger partial charge in [-0.15, -0.1) is 24.0 Å². The molecule has 3 saturated heterocycles. The molecule has 3 fully saturated rings. The molecule has 3 heterocycles. The van der Waals surface area contributed by atoms with Crippen molar-refractivity contribution in [2.75, 3.05) is 65.6 Å². The van der Waals surface area contributed by atoms with Crippen LogP contribution in [0.5, 0.6) is 5.75 Å². The summed E-state index contributed by atoms with van der Waals surface area (Å²) in [6, 6.07) is 6.87. The van der Waals surface area contributed by atoms with Gasteiger partial charge in [0, 0.05) is 64.0 Å². The molecule has 3 aliphatic heterocycles. The number of piperazine rings is 3. The largest absolute Gasteiger partial charge is 0.491 e. The van der Waals surface area contributed by atoms with Gasteiger partial charge in [-0.3, -0.25) is 9.80 Å². The summed E-state index contributed by atoms with van der Waals surface area (Å²) in [5, 5.41) is 6.92. The average Bonchev–Trinajstić information content (AvgIpc) is 2.75. The smallest absolute Gasteiger partial charge is 0.191 e. The number of guanidine groups is 1. The molecule has 8 heteroatoms. The molecule has 3 aliphatic rings. The monoisotopic (exact) mass is 531 g/mol. The first-order valence-corrected chi connectivity index (χ1v) is 11.0. The van der Waals surface area contributed by atoms with Crippen molar-refractivity contribution >= 4 is 29.9 Å². The molecule has 1 aromatic carbocycles. The Balaban J connectivity index is 0.00000320. The van der Waals surface area contributed by atoms with Crippen LogP contribution in [0.2, 0.25) is 0 Å². The van der Waals surface area contributed by atoms with Gasteiger partial charge in [-0.25, -0.2) is 4.99 Å². The molecule has 1 atom stereocenters. The van der Waals surface area contributed by atoms with Gasteiger partial charge in [0.05, 0.1) is 13.2 Å². The highest BCUT2D eigenvalue weighted by molar-refractivity contribution is 14.0. The molecule has 1 aromatic rings. The van der Waals surface area contributed by atoms with Gasteiger partial charge in [0.25, 0.3) is 0 Å². The Hall–Kier alpha value is -1.10. The van der Waals surface area contributed by atoms with Crippen molar-refractivity contribution in [1.82, 2.24) is 20.4 Å². The molecule has 0 spiro atoms. The summed E-state index contributed by atoms with van der Waals surface area (Å²) in [5.41, 5.74) is 2.28. The summed E-state index contributed by atoms with van der Waals surface area (Å²) in [5.74, 6) is 1.76. The van der Waals surface area contributed by atoms with E-state index in [9.17, 15) is 0 Å². The van der Waals surface area contributed by atoms with Gasteiger partial charge in [-0.2, -0.15) is 0 Å². The zero-order chi connectivity index (χ0) is 20.5. The van der Waals surface area contributed by atoms with Crippen molar-refractivity contribution in [3.8, 4) is 5.75 Å². The Bertz CT molecular complexity index is 665. The topological polar surface area (TPSA) is 61.4 Å². The number of hydrogen-bond donors (Lipinski definition) is 2. The first kappa shape index (κ1) is 25.2. The van der Waals surface area contributed by atoms with E-state index in [-0.39, 0.29) is 24.0 Å². The van der Waals surface area contributed by atoms with E-state index in [1.165, 1.54) is 31.7 Å². The van der Waals surface area contributed by atoms with Gasteiger partial charge in [0.15, 0.2) is 5.96 Å². The van der Waals surface area contributed by atoms with Crippen LogP contribution in [0.25, 0.3) is 0 Å². The molecule has 2 N–H and O–H groups in total. The highest BCUT2D eigenvalue weighted by Crippen LogP contribution is 2.21. The minimum absolute atomic E-state index is 0. The predicted octanol–water partition coefficient (Wildman–Crippen LogP) is 2.08. The summed E-state index contributed by atoms with van der Waals surface area (Å²) in [6.07, 6.45) is 0. The molecule has 2 bridgehead atoms. The van der Waals surface area contributed by atoms with Crippen molar-refractivity contribution in [2.24, 2.45) is 4.99 Å².